The van der Waals surface area contributed by atoms with Gasteiger partial charge in [0.15, 0.2) is 6.20 Å². The number of nitrogens with zero attached hydrogens (tertiary/aromatic N) is 3. The molecule has 1 aromatic heterocycles. The molecule has 0 spiro atoms. The molecule has 1 aliphatic heterocycles. The molecule has 0 bridgehead atoms. The summed E-state index contributed by atoms with van der Waals surface area (Å²) in [7, 11) is 0. The lowest BCUT2D eigenvalue weighted by molar-refractivity contribution is -0.389. The summed E-state index contributed by atoms with van der Waals surface area (Å²) in [6, 6.07) is 3.14. The summed E-state index contributed by atoms with van der Waals surface area (Å²) in [5.41, 5.74) is 0.895. The Labute approximate surface area is 111 Å². The maximum atomic E-state index is 10.5. The van der Waals surface area contributed by atoms with E-state index in [1.165, 1.54) is 12.3 Å². The zero-order valence-electron chi connectivity index (χ0n) is 10.6. The van der Waals surface area contributed by atoms with E-state index in [1.54, 1.807) is 6.07 Å². The number of pyridine rings is 1. The topological polar surface area (TPSA) is 88.7 Å². The van der Waals surface area contributed by atoms with Crippen molar-refractivity contribution in [3.63, 3.8) is 0 Å². The smallest absolute Gasteiger partial charge is 0.363 e. The lowest BCUT2D eigenvalue weighted by Crippen LogP contribution is -2.37. The number of piperidine rings is 1. The largest absolute Gasteiger partial charge is 0.394 e. The number of anilines is 1. The quantitative estimate of drug-likeness (QED) is 0.631. The third kappa shape index (κ3) is 3.62. The van der Waals surface area contributed by atoms with Gasteiger partial charge in [0.05, 0.1) is 25.0 Å². The molecule has 0 radical (unpaired) electrons. The van der Waals surface area contributed by atoms with Gasteiger partial charge < -0.3 is 24.9 Å². The number of nitro groups is 1. The van der Waals surface area contributed by atoms with E-state index >= 15 is 0 Å². The molecule has 0 aromatic carbocycles. The summed E-state index contributed by atoms with van der Waals surface area (Å²) in [4.78, 5) is 16.0. The maximum Gasteiger partial charge on any atom is 0.363 e. The highest BCUT2D eigenvalue weighted by Gasteiger charge is 2.21. The van der Waals surface area contributed by atoms with Crippen molar-refractivity contribution in [3.05, 3.63) is 28.4 Å². The third-order valence-corrected chi connectivity index (χ3v) is 3.17. The number of aromatic nitrogens is 1. The van der Waals surface area contributed by atoms with Crippen LogP contribution < -0.4 is 4.90 Å². The molecule has 104 valence electrons. The highest BCUT2D eigenvalue weighted by molar-refractivity contribution is 5.46. The Kier molecular flexibility index (Phi) is 4.64. The lowest BCUT2D eigenvalue weighted by Gasteiger charge is -2.32. The molecule has 1 aliphatic rings. The van der Waals surface area contributed by atoms with Crippen molar-refractivity contribution >= 4 is 11.5 Å². The van der Waals surface area contributed by atoms with Crippen LogP contribution in [0, 0.1) is 10.1 Å². The fraction of sp³-hybridized carbons (Fsp3) is 0.583. The number of aliphatic hydroxyl groups is 1. The summed E-state index contributed by atoms with van der Waals surface area (Å²) in [5.74, 6) is -0.134. The third-order valence-electron chi connectivity index (χ3n) is 3.17. The van der Waals surface area contributed by atoms with Gasteiger partial charge in [-0.1, -0.05) is 0 Å². The number of aliphatic hydroxyl groups excluding tert-OH is 1. The lowest BCUT2D eigenvalue weighted by atomic mass is 10.1. The predicted octanol–water partition coefficient (Wildman–Crippen LogP) is 0.967. The molecule has 0 atom stereocenters. The number of hydrogen-bond donors (Lipinski definition) is 1. The van der Waals surface area contributed by atoms with Crippen LogP contribution in [0.1, 0.15) is 12.8 Å². The Hall–Kier alpha value is -1.73. The Bertz CT molecular complexity index is 415. The van der Waals surface area contributed by atoms with Gasteiger partial charge in [0.1, 0.15) is 0 Å². The van der Waals surface area contributed by atoms with E-state index in [9.17, 15) is 10.1 Å². The molecule has 0 aliphatic carbocycles. The summed E-state index contributed by atoms with van der Waals surface area (Å²) in [5, 5.41) is 19.2. The molecule has 1 aromatic rings. The minimum Gasteiger partial charge on any atom is -0.394 e. The SMILES string of the molecule is O=[N+]([O-])c1ccc(N2CCC(OCCO)CC2)cn1. The minimum atomic E-state index is -0.501. The second kappa shape index (κ2) is 6.44. The first-order valence-corrected chi connectivity index (χ1v) is 6.28. The highest BCUT2D eigenvalue weighted by atomic mass is 16.6. The molecule has 0 unspecified atom stereocenters. The van der Waals surface area contributed by atoms with Crippen molar-refractivity contribution in [2.45, 2.75) is 18.9 Å². The number of hydrogen-bond acceptors (Lipinski definition) is 6. The number of ether oxygens (including phenoxy) is 1. The first-order chi connectivity index (χ1) is 9.20. The van der Waals surface area contributed by atoms with Crippen molar-refractivity contribution in [2.75, 3.05) is 31.2 Å². The van der Waals surface area contributed by atoms with E-state index in [-0.39, 0.29) is 18.5 Å². The Morgan fingerprint density at radius 3 is 2.74 bits per heavy atom. The van der Waals surface area contributed by atoms with Crippen LogP contribution in [0.2, 0.25) is 0 Å². The summed E-state index contributed by atoms with van der Waals surface area (Å²) in [6.45, 7) is 2.08. The second-order valence-corrected chi connectivity index (χ2v) is 4.41. The van der Waals surface area contributed by atoms with Crippen LogP contribution in [0.15, 0.2) is 18.3 Å². The fourth-order valence-corrected chi connectivity index (χ4v) is 2.17. The first-order valence-electron chi connectivity index (χ1n) is 6.28. The minimum absolute atomic E-state index is 0.0481. The highest BCUT2D eigenvalue weighted by Crippen LogP contribution is 2.22. The molecule has 1 N–H and O–H groups in total. The van der Waals surface area contributed by atoms with Gasteiger partial charge >= 0.3 is 5.82 Å². The van der Waals surface area contributed by atoms with Crippen LogP contribution in [-0.2, 0) is 4.74 Å². The van der Waals surface area contributed by atoms with Crippen molar-refractivity contribution < 1.29 is 14.8 Å². The van der Waals surface area contributed by atoms with Crippen LogP contribution in [0.25, 0.3) is 0 Å². The fourth-order valence-electron chi connectivity index (χ4n) is 2.17. The molecule has 19 heavy (non-hydrogen) atoms. The van der Waals surface area contributed by atoms with E-state index in [0.29, 0.717) is 6.61 Å². The van der Waals surface area contributed by atoms with Crippen LogP contribution in [0.3, 0.4) is 0 Å². The first kappa shape index (κ1) is 13.7. The Morgan fingerprint density at radius 2 is 2.21 bits per heavy atom. The molecular weight excluding hydrogens is 250 g/mol. The van der Waals surface area contributed by atoms with Crippen molar-refractivity contribution in [3.8, 4) is 0 Å². The van der Waals surface area contributed by atoms with Crippen LogP contribution in [0.5, 0.6) is 0 Å². The Morgan fingerprint density at radius 1 is 1.47 bits per heavy atom. The second-order valence-electron chi connectivity index (χ2n) is 4.41. The normalized spacial score (nSPS) is 16.6. The van der Waals surface area contributed by atoms with Gasteiger partial charge in [-0.2, -0.15) is 0 Å². The molecule has 1 saturated heterocycles. The Balaban J connectivity index is 1.88. The van der Waals surface area contributed by atoms with E-state index in [4.69, 9.17) is 9.84 Å². The van der Waals surface area contributed by atoms with Gasteiger partial charge in [-0.15, -0.1) is 0 Å². The zero-order valence-corrected chi connectivity index (χ0v) is 10.6. The van der Waals surface area contributed by atoms with Gasteiger partial charge in [-0.3, -0.25) is 0 Å². The van der Waals surface area contributed by atoms with Crippen molar-refractivity contribution in [1.29, 1.82) is 0 Å². The molecule has 2 rings (SSSR count). The summed E-state index contributed by atoms with van der Waals surface area (Å²) < 4.78 is 5.49. The van der Waals surface area contributed by atoms with Crippen LogP contribution >= 0.6 is 0 Å². The van der Waals surface area contributed by atoms with Gasteiger partial charge in [0.2, 0.25) is 0 Å². The zero-order chi connectivity index (χ0) is 13.7. The predicted molar refractivity (Wildman–Crippen MR) is 69.2 cm³/mol. The average Bonchev–Trinajstić information content (AvgIpc) is 2.46. The van der Waals surface area contributed by atoms with Gasteiger partial charge in [-0.05, 0) is 28.8 Å². The summed E-state index contributed by atoms with van der Waals surface area (Å²) >= 11 is 0. The van der Waals surface area contributed by atoms with E-state index in [2.05, 4.69) is 9.88 Å². The van der Waals surface area contributed by atoms with E-state index < -0.39 is 4.92 Å². The van der Waals surface area contributed by atoms with E-state index in [0.717, 1.165) is 31.6 Å². The molecule has 2 heterocycles. The van der Waals surface area contributed by atoms with Crippen LogP contribution in [0.4, 0.5) is 11.5 Å². The average molecular weight is 267 g/mol. The molecular formula is C12H17N3O4. The van der Waals surface area contributed by atoms with Gasteiger partial charge in [0, 0.05) is 19.2 Å². The van der Waals surface area contributed by atoms with Gasteiger partial charge in [-0.25, -0.2) is 0 Å². The standard InChI is InChI=1S/C12H17N3O4/c16-7-8-19-11-3-5-14(6-4-11)10-1-2-12(13-9-10)15(17)18/h1-2,9,11,16H,3-8H2. The van der Waals surface area contributed by atoms with Crippen LogP contribution in [-0.4, -0.2) is 47.4 Å². The van der Waals surface area contributed by atoms with Crippen molar-refractivity contribution in [2.24, 2.45) is 0 Å². The molecule has 0 amide bonds. The molecule has 1 fully saturated rings. The molecule has 7 nitrogen and oxygen atoms in total. The monoisotopic (exact) mass is 267 g/mol. The maximum absolute atomic E-state index is 10.5. The van der Waals surface area contributed by atoms with Crippen molar-refractivity contribution in [1.82, 2.24) is 4.98 Å². The molecule has 7 heteroatoms. The van der Waals surface area contributed by atoms with E-state index in [1.807, 2.05) is 0 Å². The molecule has 0 saturated carbocycles. The van der Waals surface area contributed by atoms with Gasteiger partial charge in [0.25, 0.3) is 0 Å². The summed E-state index contributed by atoms with van der Waals surface area (Å²) in [6.07, 6.45) is 3.50. The number of rotatable bonds is 5.